The molecule has 0 unspecified atom stereocenters. The number of para-hydroxylation sites is 1. The number of hydrogen-bond acceptors (Lipinski definition) is 1. The van der Waals surface area contributed by atoms with Crippen molar-refractivity contribution < 1.29 is 4.79 Å². The molecule has 1 N–H and O–H groups in total. The van der Waals surface area contributed by atoms with Gasteiger partial charge in [-0.25, -0.2) is 0 Å². The number of hydrogen-bond donors (Lipinski definition) is 1. The predicted molar refractivity (Wildman–Crippen MR) is 76.8 cm³/mol. The first-order valence-corrected chi connectivity index (χ1v) is 6.41. The van der Waals surface area contributed by atoms with E-state index in [2.05, 4.69) is 20.9 Å². The van der Waals surface area contributed by atoms with Gasteiger partial charge in [-0.3, -0.25) is 4.79 Å². The van der Waals surface area contributed by atoms with Gasteiger partial charge in [0.25, 0.3) is 0 Å². The average Bonchev–Trinajstić information content (AvgIpc) is 2.78. The van der Waals surface area contributed by atoms with E-state index in [-0.39, 0.29) is 0 Å². The van der Waals surface area contributed by atoms with E-state index in [1.807, 2.05) is 48.5 Å². The maximum Gasteiger partial charge on any atom is 0.152 e. The molecule has 2 nitrogen and oxygen atoms in total. The van der Waals surface area contributed by atoms with Gasteiger partial charge in [-0.05, 0) is 23.8 Å². The quantitative estimate of drug-likeness (QED) is 0.699. The largest absolute Gasteiger partial charge is 0.354 e. The van der Waals surface area contributed by atoms with E-state index in [9.17, 15) is 4.79 Å². The van der Waals surface area contributed by atoms with Gasteiger partial charge in [0.05, 0.1) is 5.69 Å². The first-order valence-electron chi connectivity index (χ1n) is 5.61. The number of halogens is 1. The summed E-state index contributed by atoms with van der Waals surface area (Å²) in [6.45, 7) is 0. The van der Waals surface area contributed by atoms with Crippen molar-refractivity contribution in [1.29, 1.82) is 0 Å². The van der Waals surface area contributed by atoms with Crippen LogP contribution in [0.3, 0.4) is 0 Å². The number of aromatic amines is 1. The third kappa shape index (κ3) is 1.77. The molecule has 0 saturated heterocycles. The zero-order valence-corrected chi connectivity index (χ0v) is 11.1. The highest BCUT2D eigenvalue weighted by molar-refractivity contribution is 9.10. The topological polar surface area (TPSA) is 32.9 Å². The normalized spacial score (nSPS) is 10.7. The van der Waals surface area contributed by atoms with Gasteiger partial charge in [-0.1, -0.05) is 46.3 Å². The van der Waals surface area contributed by atoms with Crippen molar-refractivity contribution in [3.05, 3.63) is 58.6 Å². The summed E-state index contributed by atoms with van der Waals surface area (Å²) in [5.74, 6) is 0. The van der Waals surface area contributed by atoms with Crippen LogP contribution in [0.1, 0.15) is 10.4 Å². The van der Waals surface area contributed by atoms with Crippen molar-refractivity contribution in [2.45, 2.75) is 0 Å². The lowest BCUT2D eigenvalue weighted by molar-refractivity contribution is 0.112. The number of aldehydes is 1. The average molecular weight is 300 g/mol. The number of benzene rings is 2. The Bertz CT molecular complexity index is 713. The summed E-state index contributed by atoms with van der Waals surface area (Å²) in [5.41, 5.74) is 3.58. The molecule has 0 bridgehead atoms. The molecule has 1 heterocycles. The number of carbonyl (C=O) groups is 1. The molecule has 0 aliphatic rings. The van der Waals surface area contributed by atoms with Gasteiger partial charge in [-0.2, -0.15) is 0 Å². The van der Waals surface area contributed by atoms with Crippen molar-refractivity contribution in [2.75, 3.05) is 0 Å². The number of rotatable bonds is 2. The van der Waals surface area contributed by atoms with Crippen LogP contribution < -0.4 is 0 Å². The predicted octanol–water partition coefficient (Wildman–Crippen LogP) is 4.41. The number of nitrogens with one attached hydrogen (secondary N) is 1. The molecule has 18 heavy (non-hydrogen) atoms. The van der Waals surface area contributed by atoms with Crippen molar-refractivity contribution in [3.8, 4) is 11.3 Å². The highest BCUT2D eigenvalue weighted by Gasteiger charge is 2.11. The first-order chi connectivity index (χ1) is 8.79. The van der Waals surface area contributed by atoms with E-state index in [1.54, 1.807) is 0 Å². The molecular weight excluding hydrogens is 290 g/mol. The highest BCUT2D eigenvalue weighted by atomic mass is 79.9. The molecule has 0 aliphatic heterocycles. The maximum atomic E-state index is 11.3. The Morgan fingerprint density at radius 1 is 1.00 bits per heavy atom. The van der Waals surface area contributed by atoms with Crippen LogP contribution in [0.5, 0.6) is 0 Å². The van der Waals surface area contributed by atoms with Crippen LogP contribution >= 0.6 is 15.9 Å². The molecule has 1 aromatic heterocycles. The zero-order valence-electron chi connectivity index (χ0n) is 9.48. The molecule has 3 rings (SSSR count). The van der Waals surface area contributed by atoms with Gasteiger partial charge >= 0.3 is 0 Å². The van der Waals surface area contributed by atoms with E-state index in [0.29, 0.717) is 5.56 Å². The smallest absolute Gasteiger partial charge is 0.152 e. The van der Waals surface area contributed by atoms with Crippen molar-refractivity contribution in [3.63, 3.8) is 0 Å². The molecule has 0 amide bonds. The molecule has 0 atom stereocenters. The van der Waals surface area contributed by atoms with Gasteiger partial charge in [0.2, 0.25) is 0 Å². The standard InChI is InChI=1S/C15H10BrNO/c16-11-7-5-10(6-8-11)15-13(9-18)12-3-1-2-4-14(12)17-15/h1-9,17H. The summed E-state index contributed by atoms with van der Waals surface area (Å²) in [5, 5.41) is 0.963. The molecule has 2 aromatic carbocycles. The highest BCUT2D eigenvalue weighted by Crippen LogP contribution is 2.29. The molecule has 88 valence electrons. The molecule has 0 fully saturated rings. The van der Waals surface area contributed by atoms with Crippen LogP contribution in [0.25, 0.3) is 22.2 Å². The summed E-state index contributed by atoms with van der Waals surface area (Å²) in [6, 6.07) is 15.7. The summed E-state index contributed by atoms with van der Waals surface area (Å²) in [4.78, 5) is 14.6. The third-order valence-corrected chi connectivity index (χ3v) is 3.53. The Labute approximate surface area is 113 Å². The molecule has 0 aliphatic carbocycles. The van der Waals surface area contributed by atoms with Gasteiger partial charge in [0.1, 0.15) is 0 Å². The number of H-pyrrole nitrogens is 1. The molecule has 3 heteroatoms. The van der Waals surface area contributed by atoms with E-state index < -0.39 is 0 Å². The minimum absolute atomic E-state index is 0.716. The lowest BCUT2D eigenvalue weighted by Crippen LogP contribution is -1.84. The van der Waals surface area contributed by atoms with Crippen molar-refractivity contribution >= 4 is 33.1 Å². The Kier molecular flexibility index (Phi) is 2.76. The summed E-state index contributed by atoms with van der Waals surface area (Å²) in [6.07, 6.45) is 0.913. The van der Waals surface area contributed by atoms with E-state index in [4.69, 9.17) is 0 Å². The van der Waals surface area contributed by atoms with Gasteiger partial charge < -0.3 is 4.98 Å². The second kappa shape index (κ2) is 4.42. The molecule has 0 spiro atoms. The first kappa shape index (κ1) is 11.2. The van der Waals surface area contributed by atoms with Crippen LogP contribution in [-0.2, 0) is 0 Å². The minimum Gasteiger partial charge on any atom is -0.354 e. The van der Waals surface area contributed by atoms with Gasteiger partial charge in [-0.15, -0.1) is 0 Å². The molecule has 0 saturated carbocycles. The lowest BCUT2D eigenvalue weighted by atomic mass is 10.1. The number of carbonyl (C=O) groups excluding carboxylic acids is 1. The Hall–Kier alpha value is -1.87. The lowest BCUT2D eigenvalue weighted by Gasteiger charge is -1.99. The maximum absolute atomic E-state index is 11.3. The van der Waals surface area contributed by atoms with Crippen LogP contribution in [0.15, 0.2) is 53.0 Å². The fraction of sp³-hybridized carbons (Fsp3) is 0. The monoisotopic (exact) mass is 299 g/mol. The van der Waals surface area contributed by atoms with E-state index >= 15 is 0 Å². The van der Waals surface area contributed by atoms with E-state index in [0.717, 1.165) is 32.9 Å². The van der Waals surface area contributed by atoms with Crippen LogP contribution in [0, 0.1) is 0 Å². The molecule has 0 radical (unpaired) electrons. The van der Waals surface area contributed by atoms with Gasteiger partial charge in [0, 0.05) is 20.9 Å². The second-order valence-electron chi connectivity index (χ2n) is 4.08. The number of aromatic nitrogens is 1. The van der Waals surface area contributed by atoms with Crippen LogP contribution in [0.4, 0.5) is 0 Å². The summed E-state index contributed by atoms with van der Waals surface area (Å²) < 4.78 is 1.02. The Morgan fingerprint density at radius 3 is 2.44 bits per heavy atom. The fourth-order valence-corrected chi connectivity index (χ4v) is 2.39. The minimum atomic E-state index is 0.716. The van der Waals surface area contributed by atoms with E-state index in [1.165, 1.54) is 0 Å². The third-order valence-electron chi connectivity index (χ3n) is 3.00. The SMILES string of the molecule is O=Cc1c(-c2ccc(Br)cc2)[nH]c2ccccc12. The molecule has 3 aromatic rings. The summed E-state index contributed by atoms with van der Waals surface area (Å²) in [7, 11) is 0. The summed E-state index contributed by atoms with van der Waals surface area (Å²) >= 11 is 3.41. The number of fused-ring (bicyclic) bond motifs is 1. The second-order valence-corrected chi connectivity index (χ2v) is 5.00. The zero-order chi connectivity index (χ0) is 12.5. The Balaban J connectivity index is 2.28. The van der Waals surface area contributed by atoms with Crippen LogP contribution in [-0.4, -0.2) is 11.3 Å². The van der Waals surface area contributed by atoms with Crippen LogP contribution in [0.2, 0.25) is 0 Å². The molecular formula is C15H10BrNO. The Morgan fingerprint density at radius 2 is 1.72 bits per heavy atom. The van der Waals surface area contributed by atoms with Crippen molar-refractivity contribution in [2.24, 2.45) is 0 Å². The fourth-order valence-electron chi connectivity index (χ4n) is 2.13. The van der Waals surface area contributed by atoms with Gasteiger partial charge in [0.15, 0.2) is 6.29 Å². The van der Waals surface area contributed by atoms with Crippen molar-refractivity contribution in [1.82, 2.24) is 4.98 Å².